The average molecular weight is 375 g/mol. The molecule has 7 nitrogen and oxygen atoms in total. The van der Waals surface area contributed by atoms with E-state index in [1.165, 1.54) is 11.0 Å². The number of aliphatic carboxylic acids is 1. The molecular formula is C15H19ClN2O5S. The Kier molecular flexibility index (Phi) is 5.52. The normalized spacial score (nSPS) is 16.8. The summed E-state index contributed by atoms with van der Waals surface area (Å²) in [6.07, 6.45) is 0. The van der Waals surface area contributed by atoms with Gasteiger partial charge in [-0.3, -0.25) is 9.59 Å². The van der Waals surface area contributed by atoms with E-state index in [1.54, 1.807) is 32.0 Å². The van der Waals surface area contributed by atoms with Crippen LogP contribution in [0.5, 0.6) is 0 Å². The van der Waals surface area contributed by atoms with Crippen LogP contribution in [0.2, 0.25) is 5.02 Å². The van der Waals surface area contributed by atoms with Crippen LogP contribution in [0, 0.1) is 5.92 Å². The van der Waals surface area contributed by atoms with Gasteiger partial charge in [0.15, 0.2) is 0 Å². The van der Waals surface area contributed by atoms with Crippen molar-refractivity contribution in [2.24, 2.45) is 5.92 Å². The molecule has 1 aromatic rings. The first-order valence-electron chi connectivity index (χ1n) is 7.40. The van der Waals surface area contributed by atoms with Crippen LogP contribution in [-0.4, -0.2) is 54.7 Å². The molecule has 0 aromatic heterocycles. The largest absolute Gasteiger partial charge is 0.480 e. The lowest BCUT2D eigenvalue weighted by Crippen LogP contribution is -2.61. The summed E-state index contributed by atoms with van der Waals surface area (Å²) in [5.74, 6) is -1.91. The summed E-state index contributed by atoms with van der Waals surface area (Å²) in [7, 11) is -3.82. The first-order valence-corrected chi connectivity index (χ1v) is 9.33. The molecular weight excluding hydrogens is 356 g/mol. The van der Waals surface area contributed by atoms with Crippen molar-refractivity contribution in [2.45, 2.75) is 25.1 Å². The molecule has 1 atom stereocenters. The molecule has 0 spiro atoms. The van der Waals surface area contributed by atoms with E-state index in [-0.39, 0.29) is 24.9 Å². The Morgan fingerprint density at radius 1 is 1.33 bits per heavy atom. The van der Waals surface area contributed by atoms with E-state index < -0.39 is 27.3 Å². The van der Waals surface area contributed by atoms with Gasteiger partial charge in [0.25, 0.3) is 5.91 Å². The molecule has 1 heterocycles. The quantitative estimate of drug-likeness (QED) is 0.778. The fourth-order valence-corrected chi connectivity index (χ4v) is 4.21. The second kappa shape index (κ2) is 7.08. The summed E-state index contributed by atoms with van der Waals surface area (Å²) >= 11 is 5.84. The number of likely N-dealkylation sites (tertiary alicyclic amines) is 1. The van der Waals surface area contributed by atoms with Crippen LogP contribution in [0.25, 0.3) is 0 Å². The lowest BCUT2D eigenvalue weighted by atomic mass is 10.1. The fraction of sp³-hybridized carbons (Fsp3) is 0.467. The zero-order valence-electron chi connectivity index (χ0n) is 13.3. The van der Waals surface area contributed by atoms with Gasteiger partial charge >= 0.3 is 5.97 Å². The minimum absolute atomic E-state index is 0.0190. The van der Waals surface area contributed by atoms with Crippen LogP contribution in [0.15, 0.2) is 24.3 Å². The van der Waals surface area contributed by atoms with Gasteiger partial charge in [0.2, 0.25) is 10.0 Å². The number of nitrogens with zero attached hydrogens (tertiary/aromatic N) is 1. The monoisotopic (exact) mass is 374 g/mol. The highest BCUT2D eigenvalue weighted by Crippen LogP contribution is 2.21. The summed E-state index contributed by atoms with van der Waals surface area (Å²) in [5, 5.41) is 8.70. The number of carboxylic acid groups (broad SMARTS) is 1. The minimum Gasteiger partial charge on any atom is -0.480 e. The van der Waals surface area contributed by atoms with Crippen molar-refractivity contribution in [1.29, 1.82) is 0 Å². The Morgan fingerprint density at radius 2 is 1.96 bits per heavy atom. The van der Waals surface area contributed by atoms with E-state index in [9.17, 15) is 18.0 Å². The van der Waals surface area contributed by atoms with Crippen LogP contribution in [0.3, 0.4) is 0 Å². The van der Waals surface area contributed by atoms with Crippen molar-refractivity contribution in [3.63, 3.8) is 0 Å². The maximum atomic E-state index is 12.3. The molecule has 0 saturated carbocycles. The molecule has 0 radical (unpaired) electrons. The van der Waals surface area contributed by atoms with Crippen molar-refractivity contribution in [1.82, 2.24) is 9.62 Å². The Hall–Kier alpha value is -1.64. The standard InChI is InChI=1S/C15H19ClN2O5S/c1-9(2)13(15(20)21)17-24(22,23)12-7-18(8-12)14(19)10-4-3-5-11(16)6-10/h3-6,9,12-13,17H,7-8H2,1-2H3,(H,20,21)/t13-/m0/s1. The highest BCUT2D eigenvalue weighted by Gasteiger charge is 2.42. The molecule has 0 aliphatic carbocycles. The lowest BCUT2D eigenvalue weighted by Gasteiger charge is -2.39. The predicted molar refractivity (Wildman–Crippen MR) is 89.5 cm³/mol. The molecule has 2 rings (SSSR count). The van der Waals surface area contributed by atoms with Crippen LogP contribution >= 0.6 is 11.6 Å². The molecule has 132 valence electrons. The predicted octanol–water partition coefficient (Wildman–Crippen LogP) is 1.19. The molecule has 24 heavy (non-hydrogen) atoms. The number of hydrogen-bond acceptors (Lipinski definition) is 4. The van der Waals surface area contributed by atoms with Gasteiger partial charge in [-0.1, -0.05) is 31.5 Å². The zero-order chi connectivity index (χ0) is 18.1. The topological polar surface area (TPSA) is 104 Å². The van der Waals surface area contributed by atoms with Gasteiger partial charge in [0.1, 0.15) is 11.3 Å². The van der Waals surface area contributed by atoms with Gasteiger partial charge in [0, 0.05) is 23.7 Å². The van der Waals surface area contributed by atoms with E-state index in [4.69, 9.17) is 16.7 Å². The maximum absolute atomic E-state index is 12.3. The number of nitrogens with one attached hydrogen (secondary N) is 1. The third-order valence-corrected chi connectivity index (χ3v) is 5.86. The Labute approximate surface area is 145 Å². The van der Waals surface area contributed by atoms with Gasteiger partial charge in [-0.2, -0.15) is 0 Å². The number of amides is 1. The van der Waals surface area contributed by atoms with E-state index in [0.717, 1.165) is 0 Å². The van der Waals surface area contributed by atoms with Crippen molar-refractivity contribution >= 4 is 33.5 Å². The smallest absolute Gasteiger partial charge is 0.321 e. The summed E-state index contributed by atoms with van der Waals surface area (Å²) in [4.78, 5) is 24.8. The molecule has 9 heteroatoms. The van der Waals surface area contributed by atoms with Crippen molar-refractivity contribution < 1.29 is 23.1 Å². The summed E-state index contributed by atoms with van der Waals surface area (Å²) < 4.78 is 26.7. The van der Waals surface area contributed by atoms with E-state index in [1.807, 2.05) is 0 Å². The number of carbonyl (C=O) groups excluding carboxylic acids is 1. The molecule has 1 aliphatic rings. The molecule has 1 aromatic carbocycles. The van der Waals surface area contributed by atoms with Crippen LogP contribution in [-0.2, 0) is 14.8 Å². The SMILES string of the molecule is CC(C)[C@H](NS(=O)(=O)C1CN(C(=O)c2cccc(Cl)c2)C1)C(=O)O. The molecule has 1 saturated heterocycles. The lowest BCUT2D eigenvalue weighted by molar-refractivity contribution is -0.140. The van der Waals surface area contributed by atoms with Gasteiger partial charge in [-0.25, -0.2) is 13.1 Å². The number of carbonyl (C=O) groups is 2. The average Bonchev–Trinajstić information content (AvgIpc) is 2.42. The van der Waals surface area contributed by atoms with Crippen LogP contribution < -0.4 is 4.72 Å². The first kappa shape index (κ1) is 18.7. The van der Waals surface area contributed by atoms with E-state index >= 15 is 0 Å². The van der Waals surface area contributed by atoms with E-state index in [2.05, 4.69) is 4.72 Å². The number of carboxylic acids is 1. The fourth-order valence-electron chi connectivity index (χ4n) is 2.35. The molecule has 0 bridgehead atoms. The number of rotatable bonds is 6. The summed E-state index contributed by atoms with van der Waals surface area (Å²) in [5.41, 5.74) is 0.386. The Bertz CT molecular complexity index is 744. The molecule has 2 N–H and O–H groups in total. The summed E-state index contributed by atoms with van der Waals surface area (Å²) in [6.45, 7) is 3.28. The van der Waals surface area contributed by atoms with Gasteiger partial charge in [-0.15, -0.1) is 0 Å². The van der Waals surface area contributed by atoms with Crippen LogP contribution in [0.1, 0.15) is 24.2 Å². The zero-order valence-corrected chi connectivity index (χ0v) is 14.8. The van der Waals surface area contributed by atoms with Crippen molar-refractivity contribution in [2.75, 3.05) is 13.1 Å². The number of benzene rings is 1. The van der Waals surface area contributed by atoms with Crippen LogP contribution in [0.4, 0.5) is 0 Å². The third kappa shape index (κ3) is 4.06. The minimum atomic E-state index is -3.82. The maximum Gasteiger partial charge on any atom is 0.321 e. The first-order chi connectivity index (χ1) is 11.1. The van der Waals surface area contributed by atoms with Gasteiger partial charge in [-0.05, 0) is 24.1 Å². The van der Waals surface area contributed by atoms with E-state index in [0.29, 0.717) is 10.6 Å². The second-order valence-corrected chi connectivity index (χ2v) is 8.49. The molecule has 1 aliphatic heterocycles. The van der Waals surface area contributed by atoms with Crippen molar-refractivity contribution in [3.05, 3.63) is 34.9 Å². The highest BCUT2D eigenvalue weighted by atomic mass is 35.5. The number of sulfonamides is 1. The molecule has 1 fully saturated rings. The highest BCUT2D eigenvalue weighted by molar-refractivity contribution is 7.90. The second-order valence-electron chi connectivity index (χ2n) is 6.07. The Morgan fingerprint density at radius 3 is 2.46 bits per heavy atom. The van der Waals surface area contributed by atoms with Gasteiger partial charge < -0.3 is 10.0 Å². The summed E-state index contributed by atoms with van der Waals surface area (Å²) in [6, 6.07) is 5.22. The number of hydrogen-bond donors (Lipinski definition) is 2. The molecule has 0 unspecified atom stereocenters. The molecule has 1 amide bonds. The van der Waals surface area contributed by atoms with Gasteiger partial charge in [0.05, 0.1) is 0 Å². The number of halogens is 1. The third-order valence-electron chi connectivity index (χ3n) is 3.87. The Balaban J connectivity index is 2.00. The van der Waals surface area contributed by atoms with Crippen molar-refractivity contribution in [3.8, 4) is 0 Å².